The van der Waals surface area contributed by atoms with Gasteiger partial charge in [0.05, 0.1) is 11.4 Å². The van der Waals surface area contributed by atoms with E-state index in [1.807, 2.05) is 11.4 Å². The van der Waals surface area contributed by atoms with E-state index in [9.17, 15) is 17.6 Å². The monoisotopic (exact) mass is 354 g/mol. The quantitative estimate of drug-likeness (QED) is 0.910. The molecule has 0 unspecified atom stereocenters. The van der Waals surface area contributed by atoms with Crippen LogP contribution in [0.4, 0.5) is 4.39 Å². The van der Waals surface area contributed by atoms with Gasteiger partial charge in [0, 0.05) is 18.0 Å². The number of benzene rings is 1. The second-order valence-electron chi connectivity index (χ2n) is 5.21. The normalized spacial score (nSPS) is 14.6. The third-order valence-corrected chi connectivity index (χ3v) is 6.14. The first kappa shape index (κ1) is 16.1. The second-order valence-corrected chi connectivity index (χ2v) is 7.98. The molecule has 0 saturated carbocycles. The molecule has 0 fully saturated rings. The van der Waals surface area contributed by atoms with Gasteiger partial charge in [-0.1, -0.05) is 0 Å². The summed E-state index contributed by atoms with van der Waals surface area (Å²) in [5, 5.41) is 2.00. The lowest BCUT2D eigenvalue weighted by atomic mass is 10.1. The van der Waals surface area contributed by atoms with Gasteiger partial charge in [-0.05, 0) is 47.7 Å². The molecule has 1 N–H and O–H groups in total. The molecule has 0 aliphatic carbocycles. The fourth-order valence-corrected chi connectivity index (χ4v) is 4.29. The van der Waals surface area contributed by atoms with E-state index in [2.05, 4.69) is 4.72 Å². The van der Waals surface area contributed by atoms with Crippen molar-refractivity contribution in [2.45, 2.75) is 17.9 Å². The highest BCUT2D eigenvalue weighted by Gasteiger charge is 2.23. The number of thiophene rings is 1. The maximum Gasteiger partial charge on any atom is 0.241 e. The topological polar surface area (TPSA) is 66.5 Å². The molecule has 23 heavy (non-hydrogen) atoms. The van der Waals surface area contributed by atoms with Crippen molar-refractivity contribution in [1.29, 1.82) is 0 Å². The fourth-order valence-electron chi connectivity index (χ4n) is 2.43. The highest BCUT2D eigenvalue weighted by Crippen LogP contribution is 2.23. The number of nitrogens with zero attached hydrogens (tertiary/aromatic N) is 1. The summed E-state index contributed by atoms with van der Waals surface area (Å²) >= 11 is 1.68. The maximum atomic E-state index is 12.9. The fraction of sp³-hybridized carbons (Fsp3) is 0.267. The third-order valence-electron chi connectivity index (χ3n) is 3.70. The Hall–Kier alpha value is -1.77. The Morgan fingerprint density at radius 1 is 1.26 bits per heavy atom. The van der Waals surface area contributed by atoms with Crippen LogP contribution in [-0.2, 0) is 27.8 Å². The Labute approximate surface area is 137 Å². The van der Waals surface area contributed by atoms with Gasteiger partial charge in [-0.3, -0.25) is 4.79 Å². The molecule has 2 aromatic rings. The molecule has 2 heterocycles. The number of hydrogen-bond acceptors (Lipinski definition) is 4. The van der Waals surface area contributed by atoms with Crippen molar-refractivity contribution in [1.82, 2.24) is 9.62 Å². The van der Waals surface area contributed by atoms with Crippen molar-refractivity contribution < 1.29 is 17.6 Å². The van der Waals surface area contributed by atoms with Crippen LogP contribution in [-0.4, -0.2) is 32.3 Å². The number of carbonyl (C=O) groups is 1. The first-order valence-electron chi connectivity index (χ1n) is 7.04. The van der Waals surface area contributed by atoms with Crippen molar-refractivity contribution >= 4 is 27.3 Å². The summed E-state index contributed by atoms with van der Waals surface area (Å²) in [5.41, 5.74) is 1.12. The maximum absolute atomic E-state index is 12.9. The summed E-state index contributed by atoms with van der Waals surface area (Å²) in [6.45, 7) is 0.791. The third kappa shape index (κ3) is 3.60. The molecule has 122 valence electrons. The minimum atomic E-state index is -3.82. The van der Waals surface area contributed by atoms with Crippen LogP contribution >= 0.6 is 11.3 Å². The van der Waals surface area contributed by atoms with E-state index in [-0.39, 0.29) is 17.3 Å². The van der Waals surface area contributed by atoms with Gasteiger partial charge < -0.3 is 4.90 Å². The van der Waals surface area contributed by atoms with Gasteiger partial charge in [0.1, 0.15) is 5.82 Å². The van der Waals surface area contributed by atoms with Crippen LogP contribution in [0.5, 0.6) is 0 Å². The van der Waals surface area contributed by atoms with Crippen molar-refractivity contribution in [3.05, 3.63) is 52.0 Å². The average Bonchev–Trinajstić information content (AvgIpc) is 3.00. The number of rotatable bonds is 4. The van der Waals surface area contributed by atoms with Gasteiger partial charge in [-0.15, -0.1) is 11.3 Å². The van der Waals surface area contributed by atoms with Crippen molar-refractivity contribution in [2.24, 2.45) is 0 Å². The Morgan fingerprint density at radius 2 is 2.00 bits per heavy atom. The van der Waals surface area contributed by atoms with E-state index >= 15 is 0 Å². The van der Waals surface area contributed by atoms with E-state index in [0.717, 1.165) is 24.1 Å². The molecule has 0 radical (unpaired) electrons. The predicted molar refractivity (Wildman–Crippen MR) is 85.0 cm³/mol. The molecule has 1 aliphatic heterocycles. The van der Waals surface area contributed by atoms with E-state index in [0.29, 0.717) is 13.1 Å². The molecular formula is C15H15FN2O3S2. The van der Waals surface area contributed by atoms with E-state index in [1.165, 1.54) is 17.0 Å². The van der Waals surface area contributed by atoms with E-state index in [1.54, 1.807) is 16.2 Å². The van der Waals surface area contributed by atoms with Gasteiger partial charge >= 0.3 is 0 Å². The van der Waals surface area contributed by atoms with E-state index in [4.69, 9.17) is 0 Å². The first-order chi connectivity index (χ1) is 11.0. The Morgan fingerprint density at radius 3 is 2.74 bits per heavy atom. The van der Waals surface area contributed by atoms with Crippen LogP contribution in [0, 0.1) is 5.82 Å². The molecule has 1 aromatic heterocycles. The van der Waals surface area contributed by atoms with Crippen LogP contribution < -0.4 is 4.72 Å². The van der Waals surface area contributed by atoms with Gasteiger partial charge in [0.15, 0.2) is 0 Å². The number of amides is 1. The summed E-state index contributed by atoms with van der Waals surface area (Å²) in [7, 11) is -3.82. The molecule has 8 heteroatoms. The summed E-state index contributed by atoms with van der Waals surface area (Å²) < 4.78 is 39.3. The number of halogens is 1. The molecule has 5 nitrogen and oxygen atoms in total. The molecule has 0 spiro atoms. The number of nitrogens with one attached hydrogen (secondary N) is 1. The summed E-state index contributed by atoms with van der Waals surface area (Å²) in [5.74, 6) is -0.785. The Bertz CT molecular complexity index is 816. The Balaban J connectivity index is 1.62. The van der Waals surface area contributed by atoms with Crippen LogP contribution in [0.1, 0.15) is 10.4 Å². The molecular weight excluding hydrogens is 339 g/mol. The van der Waals surface area contributed by atoms with Crippen molar-refractivity contribution in [3.8, 4) is 0 Å². The van der Waals surface area contributed by atoms with Gasteiger partial charge in [-0.25, -0.2) is 17.5 Å². The lowest BCUT2D eigenvalue weighted by molar-refractivity contribution is -0.130. The number of hydrogen-bond donors (Lipinski definition) is 1. The SMILES string of the molecule is O=C(CNS(=O)(=O)c1ccc(F)cc1)N1CCc2sccc2C1. The zero-order chi connectivity index (χ0) is 16.4. The van der Waals surface area contributed by atoms with Crippen LogP contribution in [0.25, 0.3) is 0 Å². The largest absolute Gasteiger partial charge is 0.337 e. The Kier molecular flexibility index (Phi) is 4.47. The highest BCUT2D eigenvalue weighted by molar-refractivity contribution is 7.89. The molecule has 0 bridgehead atoms. The molecule has 3 rings (SSSR count). The van der Waals surface area contributed by atoms with Crippen LogP contribution in [0.3, 0.4) is 0 Å². The van der Waals surface area contributed by atoms with Crippen molar-refractivity contribution in [2.75, 3.05) is 13.1 Å². The second kappa shape index (κ2) is 6.38. The molecule has 0 atom stereocenters. The zero-order valence-electron chi connectivity index (χ0n) is 12.2. The highest BCUT2D eigenvalue weighted by atomic mass is 32.2. The molecule has 1 aromatic carbocycles. The van der Waals surface area contributed by atoms with Gasteiger partial charge in [0.2, 0.25) is 15.9 Å². The smallest absolute Gasteiger partial charge is 0.241 e. The van der Waals surface area contributed by atoms with Gasteiger partial charge in [0.25, 0.3) is 0 Å². The molecule has 1 amide bonds. The summed E-state index contributed by atoms with van der Waals surface area (Å²) in [4.78, 5) is 15.1. The molecule has 0 saturated heterocycles. The van der Waals surface area contributed by atoms with Crippen molar-refractivity contribution in [3.63, 3.8) is 0 Å². The zero-order valence-corrected chi connectivity index (χ0v) is 13.8. The summed E-state index contributed by atoms with van der Waals surface area (Å²) in [6.07, 6.45) is 0.795. The number of fused-ring (bicyclic) bond motifs is 1. The minimum absolute atomic E-state index is 0.0644. The average molecular weight is 354 g/mol. The van der Waals surface area contributed by atoms with Gasteiger partial charge in [-0.2, -0.15) is 0 Å². The number of carbonyl (C=O) groups excluding carboxylic acids is 1. The van der Waals surface area contributed by atoms with Crippen LogP contribution in [0.2, 0.25) is 0 Å². The minimum Gasteiger partial charge on any atom is -0.337 e. The summed E-state index contributed by atoms with van der Waals surface area (Å²) in [6, 6.07) is 6.46. The molecule has 1 aliphatic rings. The number of sulfonamides is 1. The van der Waals surface area contributed by atoms with Crippen LogP contribution in [0.15, 0.2) is 40.6 Å². The first-order valence-corrected chi connectivity index (χ1v) is 9.40. The lowest BCUT2D eigenvalue weighted by Crippen LogP contribution is -2.42. The standard InChI is InChI=1S/C15H15FN2O3S2/c16-12-1-3-13(4-2-12)23(20,21)17-9-15(19)18-7-5-14-11(10-18)6-8-22-14/h1-4,6,8,17H,5,7,9-10H2. The predicted octanol–water partition coefficient (Wildman–Crippen LogP) is 1.75. The lowest BCUT2D eigenvalue weighted by Gasteiger charge is -2.27. The van der Waals surface area contributed by atoms with E-state index < -0.39 is 15.8 Å².